The van der Waals surface area contributed by atoms with E-state index in [0.717, 1.165) is 55.3 Å². The second kappa shape index (κ2) is 8.93. The van der Waals surface area contributed by atoms with E-state index in [4.69, 9.17) is 16.2 Å². The van der Waals surface area contributed by atoms with Crippen LogP contribution in [0, 0.1) is 5.82 Å². The lowest BCUT2D eigenvalue weighted by atomic mass is 9.89. The summed E-state index contributed by atoms with van der Waals surface area (Å²) in [5, 5.41) is 7.74. The molecule has 9 nitrogen and oxygen atoms in total. The SMILES string of the molecule is COC1(c2c(NC(=O)c3nc(-c4ccncc4F)sc3N)cnn2C)CCCC(N)CC1. The van der Waals surface area contributed by atoms with E-state index in [2.05, 4.69) is 20.4 Å². The Balaban J connectivity index is 1.64. The number of nitrogens with two attached hydrogens (primary N) is 2. The summed E-state index contributed by atoms with van der Waals surface area (Å²) in [6.45, 7) is 0. The number of anilines is 2. The second-order valence-corrected chi connectivity index (χ2v) is 8.99. The van der Waals surface area contributed by atoms with Gasteiger partial charge in [-0.25, -0.2) is 9.37 Å². The predicted octanol–water partition coefficient (Wildman–Crippen LogP) is 3.05. The van der Waals surface area contributed by atoms with E-state index in [1.54, 1.807) is 18.0 Å². The summed E-state index contributed by atoms with van der Waals surface area (Å²) in [7, 11) is 3.49. The number of nitrogens with zero attached hydrogens (tertiary/aromatic N) is 4. The zero-order valence-corrected chi connectivity index (χ0v) is 18.8. The summed E-state index contributed by atoms with van der Waals surface area (Å²) in [5.41, 5.74) is 13.2. The van der Waals surface area contributed by atoms with E-state index in [-0.39, 0.29) is 22.3 Å². The molecule has 1 aliphatic carbocycles. The number of aromatic nitrogens is 4. The lowest BCUT2D eigenvalue weighted by molar-refractivity contribution is -0.0338. The third kappa shape index (κ3) is 4.10. The monoisotopic (exact) mass is 459 g/mol. The molecule has 0 bridgehead atoms. The molecule has 32 heavy (non-hydrogen) atoms. The van der Waals surface area contributed by atoms with Gasteiger partial charge in [0, 0.05) is 32.0 Å². The van der Waals surface area contributed by atoms with Crippen molar-refractivity contribution in [1.82, 2.24) is 19.7 Å². The first-order chi connectivity index (χ1) is 15.3. The van der Waals surface area contributed by atoms with Crippen LogP contribution < -0.4 is 16.8 Å². The number of aryl methyl sites for hydroxylation is 1. The van der Waals surface area contributed by atoms with Crippen molar-refractivity contribution in [3.8, 4) is 10.6 Å². The molecule has 0 saturated heterocycles. The molecule has 1 saturated carbocycles. The number of methoxy groups -OCH3 is 1. The Kier molecular flexibility index (Phi) is 6.22. The number of halogens is 1. The lowest BCUT2D eigenvalue weighted by Gasteiger charge is -2.32. The fourth-order valence-corrected chi connectivity index (χ4v) is 5.14. The van der Waals surface area contributed by atoms with Crippen molar-refractivity contribution >= 4 is 27.9 Å². The molecule has 170 valence electrons. The molecule has 2 unspecified atom stereocenters. The molecule has 1 fully saturated rings. The maximum Gasteiger partial charge on any atom is 0.277 e. The lowest BCUT2D eigenvalue weighted by Crippen LogP contribution is -2.32. The van der Waals surface area contributed by atoms with Crippen molar-refractivity contribution in [3.05, 3.63) is 41.9 Å². The number of amides is 1. The van der Waals surface area contributed by atoms with Gasteiger partial charge < -0.3 is 21.5 Å². The summed E-state index contributed by atoms with van der Waals surface area (Å²) in [4.78, 5) is 21.1. The van der Waals surface area contributed by atoms with Crippen LogP contribution in [0.5, 0.6) is 0 Å². The highest BCUT2D eigenvalue weighted by Crippen LogP contribution is 2.42. The van der Waals surface area contributed by atoms with Crippen LogP contribution in [-0.2, 0) is 17.4 Å². The minimum Gasteiger partial charge on any atom is -0.389 e. The number of thiazole rings is 1. The average Bonchev–Trinajstić information content (AvgIpc) is 3.27. The molecule has 11 heteroatoms. The van der Waals surface area contributed by atoms with Gasteiger partial charge in [-0.05, 0) is 38.2 Å². The van der Waals surface area contributed by atoms with Gasteiger partial charge in [0.2, 0.25) is 0 Å². The van der Waals surface area contributed by atoms with Crippen molar-refractivity contribution in [2.24, 2.45) is 12.8 Å². The zero-order chi connectivity index (χ0) is 22.9. The van der Waals surface area contributed by atoms with Gasteiger partial charge in [0.05, 0.1) is 23.8 Å². The number of nitrogens with one attached hydrogen (secondary N) is 1. The van der Waals surface area contributed by atoms with Crippen LogP contribution in [0.25, 0.3) is 10.6 Å². The van der Waals surface area contributed by atoms with E-state index >= 15 is 0 Å². The van der Waals surface area contributed by atoms with Gasteiger partial charge >= 0.3 is 0 Å². The highest BCUT2D eigenvalue weighted by molar-refractivity contribution is 7.19. The first-order valence-electron chi connectivity index (χ1n) is 10.4. The topological polar surface area (TPSA) is 134 Å². The largest absolute Gasteiger partial charge is 0.389 e. The fraction of sp³-hybridized carbons (Fsp3) is 0.429. The third-order valence-electron chi connectivity index (χ3n) is 5.96. The van der Waals surface area contributed by atoms with Crippen LogP contribution in [0.4, 0.5) is 15.1 Å². The minimum absolute atomic E-state index is 0.0328. The molecule has 0 aliphatic heterocycles. The van der Waals surface area contributed by atoms with E-state index in [9.17, 15) is 9.18 Å². The smallest absolute Gasteiger partial charge is 0.277 e. The molecule has 0 radical (unpaired) electrons. The molecule has 3 heterocycles. The van der Waals surface area contributed by atoms with E-state index < -0.39 is 17.3 Å². The second-order valence-electron chi connectivity index (χ2n) is 7.96. The molecular weight excluding hydrogens is 433 g/mol. The van der Waals surface area contributed by atoms with Gasteiger partial charge in [0.15, 0.2) is 11.5 Å². The van der Waals surface area contributed by atoms with Crippen LogP contribution in [0.15, 0.2) is 24.7 Å². The maximum absolute atomic E-state index is 14.1. The highest BCUT2D eigenvalue weighted by atomic mass is 32.1. The average molecular weight is 460 g/mol. The van der Waals surface area contributed by atoms with Gasteiger partial charge in [-0.15, -0.1) is 0 Å². The predicted molar refractivity (Wildman–Crippen MR) is 121 cm³/mol. The molecule has 0 aromatic carbocycles. The standard InChI is InChI=1S/C21H26FN7O2S/c1-29-17(21(31-2)7-3-4-12(23)5-8-21)15(11-26-29)27-19(30)16-18(24)32-20(28-16)13-6-9-25-10-14(13)22/h6,9-12H,3-5,7-8,23-24H2,1-2H3,(H,27,30). The van der Waals surface area contributed by atoms with Gasteiger partial charge in [0.1, 0.15) is 15.6 Å². The van der Waals surface area contributed by atoms with E-state index in [0.29, 0.717) is 10.7 Å². The number of ether oxygens (including phenoxy) is 1. The fourth-order valence-electron chi connectivity index (χ4n) is 4.28. The minimum atomic E-state index is -0.610. The summed E-state index contributed by atoms with van der Waals surface area (Å²) >= 11 is 1.04. The molecule has 5 N–H and O–H groups in total. The Hall–Kier alpha value is -2.89. The highest BCUT2D eigenvalue weighted by Gasteiger charge is 2.39. The Bertz CT molecular complexity index is 1130. The van der Waals surface area contributed by atoms with Gasteiger partial charge in [0.25, 0.3) is 5.91 Å². The van der Waals surface area contributed by atoms with Crippen molar-refractivity contribution in [2.45, 2.75) is 43.7 Å². The Morgan fingerprint density at radius 1 is 1.38 bits per heavy atom. The summed E-state index contributed by atoms with van der Waals surface area (Å²) in [6, 6.07) is 1.62. The number of pyridine rings is 1. The van der Waals surface area contributed by atoms with Crippen molar-refractivity contribution in [2.75, 3.05) is 18.2 Å². The molecule has 4 rings (SSSR count). The number of nitrogen functional groups attached to an aromatic ring is 1. The quantitative estimate of drug-likeness (QED) is 0.499. The molecule has 3 aromatic rings. The van der Waals surface area contributed by atoms with Crippen LogP contribution in [-0.4, -0.2) is 38.8 Å². The zero-order valence-electron chi connectivity index (χ0n) is 18.0. The molecule has 1 aliphatic rings. The molecule has 3 aromatic heterocycles. The Morgan fingerprint density at radius 3 is 2.94 bits per heavy atom. The van der Waals surface area contributed by atoms with E-state index in [1.807, 2.05) is 7.05 Å². The number of carbonyl (C=O) groups excluding carboxylic acids is 1. The van der Waals surface area contributed by atoms with E-state index in [1.165, 1.54) is 12.3 Å². The van der Waals surface area contributed by atoms with Crippen LogP contribution >= 0.6 is 11.3 Å². The first kappa shape index (κ1) is 22.3. The Morgan fingerprint density at radius 2 is 2.19 bits per heavy atom. The van der Waals surface area contributed by atoms with Gasteiger partial charge in [-0.2, -0.15) is 5.10 Å². The molecule has 1 amide bonds. The van der Waals surface area contributed by atoms with Crippen molar-refractivity contribution < 1.29 is 13.9 Å². The van der Waals surface area contributed by atoms with Crippen molar-refractivity contribution in [3.63, 3.8) is 0 Å². The summed E-state index contributed by atoms with van der Waals surface area (Å²) < 4.78 is 21.8. The third-order valence-corrected chi connectivity index (χ3v) is 6.87. The van der Waals surface area contributed by atoms with Crippen LogP contribution in [0.2, 0.25) is 0 Å². The number of carbonyl (C=O) groups is 1. The van der Waals surface area contributed by atoms with Gasteiger partial charge in [-0.3, -0.25) is 14.5 Å². The number of hydrogen-bond donors (Lipinski definition) is 3. The first-order valence-corrected chi connectivity index (χ1v) is 11.2. The Labute approximate surface area is 189 Å². The summed E-state index contributed by atoms with van der Waals surface area (Å²) in [6.07, 6.45) is 8.28. The van der Waals surface area contributed by atoms with Gasteiger partial charge in [-0.1, -0.05) is 11.3 Å². The molecule has 2 atom stereocenters. The summed E-state index contributed by atoms with van der Waals surface area (Å²) in [5.74, 6) is -1.03. The van der Waals surface area contributed by atoms with Crippen LogP contribution in [0.3, 0.4) is 0 Å². The molecule has 0 spiro atoms. The molecular formula is C21H26FN7O2S. The van der Waals surface area contributed by atoms with Crippen molar-refractivity contribution in [1.29, 1.82) is 0 Å². The van der Waals surface area contributed by atoms with Crippen LogP contribution in [0.1, 0.15) is 48.3 Å². The number of hydrogen-bond acceptors (Lipinski definition) is 8. The maximum atomic E-state index is 14.1. The number of rotatable bonds is 5. The normalized spacial score (nSPS) is 21.3.